The van der Waals surface area contributed by atoms with Crippen LogP contribution in [0.3, 0.4) is 0 Å². The lowest BCUT2D eigenvalue weighted by Crippen LogP contribution is -3.00. The molecule has 35 heavy (non-hydrogen) atoms. The lowest BCUT2D eigenvalue weighted by atomic mass is 10.2. The van der Waals surface area contributed by atoms with E-state index in [4.69, 9.17) is 34.8 Å². The monoisotopic (exact) mass is 563 g/mol. The minimum Gasteiger partial charge on any atom is -1.00 e. The highest BCUT2D eigenvalue weighted by molar-refractivity contribution is 6.19. The number of carbonyl (C=O) groups is 2. The van der Waals surface area contributed by atoms with Gasteiger partial charge in [-0.15, -0.1) is 34.8 Å². The van der Waals surface area contributed by atoms with E-state index in [1.54, 1.807) is 24.3 Å². The molecule has 194 valence electrons. The molecule has 0 bridgehead atoms. The van der Waals surface area contributed by atoms with Gasteiger partial charge in [0.1, 0.15) is 5.69 Å². The second kappa shape index (κ2) is 16.1. The Morgan fingerprint density at radius 1 is 0.857 bits per heavy atom. The molecule has 0 aromatic heterocycles. The lowest BCUT2D eigenvalue weighted by Gasteiger charge is -2.37. The lowest BCUT2D eigenvalue weighted by molar-refractivity contribution is -0.0000181. The molecule has 2 aromatic carbocycles. The molecule has 0 fully saturated rings. The van der Waals surface area contributed by atoms with Crippen LogP contribution < -0.4 is 32.8 Å². The van der Waals surface area contributed by atoms with Crippen molar-refractivity contribution in [1.29, 1.82) is 0 Å². The van der Waals surface area contributed by atoms with Crippen molar-refractivity contribution < 1.29 is 22.0 Å². The van der Waals surface area contributed by atoms with Gasteiger partial charge < -0.3 is 33.3 Å². The highest BCUT2D eigenvalue weighted by Crippen LogP contribution is 2.26. The van der Waals surface area contributed by atoms with Crippen LogP contribution >= 0.6 is 34.8 Å². The molecule has 0 aliphatic rings. The van der Waals surface area contributed by atoms with Crippen LogP contribution in [0.15, 0.2) is 48.5 Å². The predicted octanol–water partition coefficient (Wildman–Crippen LogP) is 1.65. The number of anilines is 2. The predicted molar refractivity (Wildman–Crippen MR) is 145 cm³/mol. The molecule has 2 aromatic rings. The van der Waals surface area contributed by atoms with Gasteiger partial charge in [-0.3, -0.25) is 9.28 Å². The standard InChI is InChI=1S/C24H32Cl3N5O2.ClH/c1-31(2)14-13-28-23(33)19-4-3-5-21(18-19)30-24(34)29-20-6-8-22(9-7-20)32(15-10-25,16-11-26)17-12-27;/h3-9,18H,10-17H2,1-2H3,(H2-,28,29,30,33,34);1H. The summed E-state index contributed by atoms with van der Waals surface area (Å²) in [6.45, 7) is 3.43. The van der Waals surface area contributed by atoms with Gasteiger partial charge in [0, 0.05) is 42.2 Å². The Bertz CT molecular complexity index is 911. The summed E-state index contributed by atoms with van der Waals surface area (Å²) in [4.78, 5) is 26.8. The van der Waals surface area contributed by atoms with Gasteiger partial charge >= 0.3 is 6.03 Å². The van der Waals surface area contributed by atoms with Gasteiger partial charge in [0.15, 0.2) is 0 Å². The summed E-state index contributed by atoms with van der Waals surface area (Å²) in [5.74, 6) is 1.28. The number of quaternary nitrogens is 1. The molecule has 3 N–H and O–H groups in total. The molecule has 0 atom stereocenters. The van der Waals surface area contributed by atoms with Crippen LogP contribution in [0, 0.1) is 0 Å². The highest BCUT2D eigenvalue weighted by Gasteiger charge is 2.28. The maximum Gasteiger partial charge on any atom is 0.323 e. The molecule has 3 amide bonds. The van der Waals surface area contributed by atoms with E-state index in [1.807, 2.05) is 43.3 Å². The van der Waals surface area contributed by atoms with Gasteiger partial charge in [0.2, 0.25) is 0 Å². The number of benzene rings is 2. The first-order valence-electron chi connectivity index (χ1n) is 11.1. The molecular weight excluding hydrogens is 532 g/mol. The summed E-state index contributed by atoms with van der Waals surface area (Å²) in [6, 6.07) is 14.0. The minimum atomic E-state index is -0.402. The van der Waals surface area contributed by atoms with Crippen LogP contribution in [0.4, 0.5) is 21.9 Å². The third kappa shape index (κ3) is 10.0. The van der Waals surface area contributed by atoms with Crippen LogP contribution in [0.1, 0.15) is 10.4 Å². The Kier molecular flexibility index (Phi) is 14.4. The smallest absolute Gasteiger partial charge is 0.323 e. The SMILES string of the molecule is CN(C)CCNC(=O)c1cccc(NC(=O)Nc2ccc([N+](CCCl)(CCCl)CCCl)cc2)c1.[Cl-]. The Labute approximate surface area is 229 Å². The average Bonchev–Trinajstić information content (AvgIpc) is 2.80. The zero-order valence-corrected chi connectivity index (χ0v) is 23.0. The molecule has 2 rings (SSSR count). The molecule has 0 spiro atoms. The van der Waals surface area contributed by atoms with Gasteiger partial charge in [0.25, 0.3) is 5.91 Å². The van der Waals surface area contributed by atoms with E-state index in [9.17, 15) is 9.59 Å². The summed E-state index contributed by atoms with van der Waals surface area (Å²) in [5, 5.41) is 8.45. The van der Waals surface area contributed by atoms with Crippen LogP contribution in [-0.4, -0.2) is 81.3 Å². The van der Waals surface area contributed by atoms with E-state index in [0.717, 1.165) is 12.2 Å². The van der Waals surface area contributed by atoms with Crippen molar-refractivity contribution in [2.24, 2.45) is 0 Å². The Morgan fingerprint density at radius 3 is 1.97 bits per heavy atom. The van der Waals surface area contributed by atoms with Gasteiger partial charge in [-0.1, -0.05) is 6.07 Å². The third-order valence-corrected chi connectivity index (χ3v) is 5.94. The topological polar surface area (TPSA) is 73.5 Å². The maximum atomic E-state index is 12.5. The number of amides is 3. The van der Waals surface area contributed by atoms with E-state index in [1.165, 1.54) is 0 Å². The largest absolute Gasteiger partial charge is 1.00 e. The van der Waals surface area contributed by atoms with Crippen LogP contribution in [-0.2, 0) is 0 Å². The van der Waals surface area contributed by atoms with Crippen molar-refractivity contribution in [1.82, 2.24) is 14.7 Å². The fourth-order valence-electron chi connectivity index (χ4n) is 3.60. The fraction of sp³-hybridized carbons (Fsp3) is 0.417. The quantitative estimate of drug-likeness (QED) is 0.256. The molecule has 0 saturated heterocycles. The Morgan fingerprint density at radius 2 is 1.43 bits per heavy atom. The number of rotatable bonds is 13. The number of urea groups is 1. The summed E-state index contributed by atoms with van der Waals surface area (Å²) < 4.78 is 0.590. The molecule has 0 saturated carbocycles. The van der Waals surface area contributed by atoms with Crippen molar-refractivity contribution in [2.45, 2.75) is 0 Å². The highest BCUT2D eigenvalue weighted by atomic mass is 35.5. The molecular formula is C24H33Cl4N5O2. The molecule has 0 aliphatic carbocycles. The summed E-state index contributed by atoms with van der Waals surface area (Å²) >= 11 is 18.2. The van der Waals surface area contributed by atoms with E-state index in [0.29, 0.717) is 65.2 Å². The van der Waals surface area contributed by atoms with E-state index in [-0.39, 0.29) is 18.3 Å². The second-order valence-corrected chi connectivity index (χ2v) is 9.28. The van der Waals surface area contributed by atoms with E-state index < -0.39 is 6.03 Å². The van der Waals surface area contributed by atoms with Gasteiger partial charge in [-0.2, -0.15) is 0 Å². The number of halogens is 4. The minimum absolute atomic E-state index is 0. The number of nitrogens with one attached hydrogen (secondary N) is 3. The molecule has 0 heterocycles. The van der Waals surface area contributed by atoms with Crippen LogP contribution in [0.2, 0.25) is 0 Å². The van der Waals surface area contributed by atoms with Crippen molar-refractivity contribution in [3.63, 3.8) is 0 Å². The normalized spacial score (nSPS) is 11.0. The number of likely N-dealkylation sites (N-methyl/N-ethyl adjacent to an activating group) is 1. The summed E-state index contributed by atoms with van der Waals surface area (Å²) in [6.07, 6.45) is 0. The zero-order valence-electron chi connectivity index (χ0n) is 20.0. The summed E-state index contributed by atoms with van der Waals surface area (Å²) in [5.41, 5.74) is 2.68. The van der Waals surface area contributed by atoms with Crippen LogP contribution in [0.5, 0.6) is 0 Å². The van der Waals surface area contributed by atoms with Crippen molar-refractivity contribution >= 4 is 63.8 Å². The molecule has 0 aliphatic heterocycles. The fourth-order valence-corrected chi connectivity index (χ4v) is 4.57. The number of hydrogen-bond donors (Lipinski definition) is 3. The van der Waals surface area contributed by atoms with E-state index >= 15 is 0 Å². The van der Waals surface area contributed by atoms with E-state index in [2.05, 4.69) is 16.0 Å². The number of hydrogen-bond acceptors (Lipinski definition) is 3. The van der Waals surface area contributed by atoms with Gasteiger partial charge in [-0.25, -0.2) is 4.79 Å². The van der Waals surface area contributed by atoms with Crippen molar-refractivity contribution in [2.75, 3.05) is 75.1 Å². The van der Waals surface area contributed by atoms with Crippen molar-refractivity contribution in [3.8, 4) is 0 Å². The second-order valence-electron chi connectivity index (χ2n) is 8.15. The Balaban J connectivity index is 0.00000612. The van der Waals surface area contributed by atoms with Crippen molar-refractivity contribution in [3.05, 3.63) is 54.1 Å². The zero-order chi connectivity index (χ0) is 25.0. The van der Waals surface area contributed by atoms with Gasteiger partial charge in [-0.05, 0) is 44.4 Å². The number of carbonyl (C=O) groups excluding carboxylic acids is 2. The molecule has 7 nitrogen and oxygen atoms in total. The number of alkyl halides is 3. The number of nitrogens with zero attached hydrogens (tertiary/aromatic N) is 2. The molecule has 11 heteroatoms. The Hall–Kier alpha value is -1.74. The molecule has 0 unspecified atom stereocenters. The molecule has 0 radical (unpaired) electrons. The van der Waals surface area contributed by atoms with Gasteiger partial charge in [0.05, 0.1) is 37.3 Å². The first kappa shape index (κ1) is 31.3. The summed E-state index contributed by atoms with van der Waals surface area (Å²) in [7, 11) is 3.88. The third-order valence-electron chi connectivity index (χ3n) is 5.44. The first-order chi connectivity index (χ1) is 16.3. The maximum absolute atomic E-state index is 12.5. The average molecular weight is 565 g/mol. The van der Waals surface area contributed by atoms with Crippen LogP contribution in [0.25, 0.3) is 0 Å². The first-order valence-corrected chi connectivity index (χ1v) is 12.7.